The second-order valence-electron chi connectivity index (χ2n) is 2.14. The lowest BCUT2D eigenvalue weighted by Crippen LogP contribution is -2.22. The van der Waals surface area contributed by atoms with Crippen LogP contribution in [0, 0.1) is 5.92 Å². The van der Waals surface area contributed by atoms with E-state index in [4.69, 9.17) is 5.73 Å². The minimum absolute atomic E-state index is 0.229. The molecular weight excluding hydrogens is 213 g/mol. The summed E-state index contributed by atoms with van der Waals surface area (Å²) in [5, 5.41) is 0. The molecule has 0 aromatic heterocycles. The molecule has 0 aliphatic carbocycles. The van der Waals surface area contributed by atoms with E-state index in [1.54, 1.807) is 0 Å². The Balaban J connectivity index is 3.47. The van der Waals surface area contributed by atoms with E-state index in [0.29, 0.717) is 5.92 Å². The Kier molecular flexibility index (Phi) is 4.56. The average molecular weight is 225 g/mol. The highest BCUT2D eigenvalue weighted by Crippen LogP contribution is 2.00. The highest BCUT2D eigenvalue weighted by molar-refractivity contribution is 14.1. The Morgan fingerprint density at radius 3 is 2.12 bits per heavy atom. The molecule has 0 amide bonds. The lowest BCUT2D eigenvalue weighted by Gasteiger charge is -2.08. The second kappa shape index (κ2) is 4.32. The predicted molar refractivity (Wildman–Crippen MR) is 46.0 cm³/mol. The van der Waals surface area contributed by atoms with Crippen LogP contribution >= 0.6 is 22.6 Å². The molecular formula is C6H12IN. The van der Waals surface area contributed by atoms with Gasteiger partial charge in [-0.15, -0.1) is 0 Å². The Bertz CT molecular complexity index is 78.6. The third-order valence-corrected chi connectivity index (χ3v) is 1.48. The fraction of sp³-hybridized carbons (Fsp3) is 0.667. The van der Waals surface area contributed by atoms with Crippen molar-refractivity contribution >= 4 is 22.6 Å². The molecule has 0 bridgehead atoms. The van der Waals surface area contributed by atoms with E-state index in [2.05, 4.69) is 36.4 Å². The van der Waals surface area contributed by atoms with Crippen LogP contribution in [0.25, 0.3) is 0 Å². The molecule has 2 N–H and O–H groups in total. The van der Waals surface area contributed by atoms with Gasteiger partial charge in [-0.2, -0.15) is 0 Å². The fourth-order valence-corrected chi connectivity index (χ4v) is 0.786. The average Bonchev–Trinajstić information content (AvgIpc) is 1.67. The highest BCUT2D eigenvalue weighted by Gasteiger charge is 2.00. The monoisotopic (exact) mass is 225 g/mol. The highest BCUT2D eigenvalue weighted by atomic mass is 127. The number of nitrogens with two attached hydrogens (primary N) is 1. The van der Waals surface area contributed by atoms with Crippen molar-refractivity contribution in [2.24, 2.45) is 11.7 Å². The molecule has 1 nitrogen and oxygen atoms in total. The van der Waals surface area contributed by atoms with E-state index < -0.39 is 0 Å². The van der Waals surface area contributed by atoms with Gasteiger partial charge in [0.15, 0.2) is 0 Å². The largest absolute Gasteiger partial charge is 0.324 e. The van der Waals surface area contributed by atoms with Gasteiger partial charge in [-0.3, -0.25) is 0 Å². The van der Waals surface area contributed by atoms with E-state index in [-0.39, 0.29) is 6.04 Å². The first-order valence-corrected chi connectivity index (χ1v) is 3.95. The summed E-state index contributed by atoms with van der Waals surface area (Å²) >= 11 is 2.18. The van der Waals surface area contributed by atoms with E-state index in [1.165, 1.54) is 0 Å². The van der Waals surface area contributed by atoms with Gasteiger partial charge in [0.1, 0.15) is 0 Å². The molecule has 0 fully saturated rings. The van der Waals surface area contributed by atoms with E-state index in [0.717, 1.165) is 0 Å². The Hall–Kier alpha value is 0.430. The molecule has 8 heavy (non-hydrogen) atoms. The minimum atomic E-state index is 0.229. The first kappa shape index (κ1) is 8.43. The van der Waals surface area contributed by atoms with Crippen LogP contribution < -0.4 is 5.73 Å². The van der Waals surface area contributed by atoms with Gasteiger partial charge in [0.25, 0.3) is 0 Å². The number of hydrogen-bond donors (Lipinski definition) is 1. The predicted octanol–water partition coefficient (Wildman–Crippen LogP) is 1.92. The topological polar surface area (TPSA) is 26.0 Å². The van der Waals surface area contributed by atoms with Crippen LogP contribution in [-0.4, -0.2) is 6.04 Å². The number of hydrogen-bond acceptors (Lipinski definition) is 1. The van der Waals surface area contributed by atoms with Gasteiger partial charge in [-0.05, 0) is 10.0 Å². The van der Waals surface area contributed by atoms with Gasteiger partial charge < -0.3 is 5.73 Å². The van der Waals surface area contributed by atoms with Crippen molar-refractivity contribution in [3.8, 4) is 0 Å². The van der Waals surface area contributed by atoms with E-state index >= 15 is 0 Å². The Morgan fingerprint density at radius 2 is 2.00 bits per heavy atom. The van der Waals surface area contributed by atoms with Crippen molar-refractivity contribution < 1.29 is 0 Å². The molecule has 0 saturated heterocycles. The zero-order chi connectivity index (χ0) is 6.57. The maximum atomic E-state index is 5.64. The van der Waals surface area contributed by atoms with Crippen LogP contribution in [-0.2, 0) is 0 Å². The SMILES string of the molecule is CC(C)C(N)/C=C/I. The molecule has 0 aliphatic heterocycles. The Labute approximate surface area is 64.5 Å². The van der Waals surface area contributed by atoms with E-state index in [9.17, 15) is 0 Å². The Morgan fingerprint density at radius 1 is 1.50 bits per heavy atom. The summed E-state index contributed by atoms with van der Waals surface area (Å²) in [7, 11) is 0. The van der Waals surface area contributed by atoms with Crippen molar-refractivity contribution in [1.29, 1.82) is 0 Å². The fourth-order valence-electron chi connectivity index (χ4n) is 0.306. The van der Waals surface area contributed by atoms with Gasteiger partial charge in [0.05, 0.1) is 0 Å². The standard InChI is InChI=1S/C6H12IN/c1-5(2)6(8)3-4-7/h3-6H,8H2,1-2H3/b4-3+. The summed E-state index contributed by atoms with van der Waals surface area (Å²) in [6.45, 7) is 4.22. The third-order valence-electron chi connectivity index (χ3n) is 1.06. The normalized spacial score (nSPS) is 15.6. The molecule has 0 rings (SSSR count). The summed E-state index contributed by atoms with van der Waals surface area (Å²) < 4.78 is 1.96. The molecule has 0 aliphatic rings. The lowest BCUT2D eigenvalue weighted by atomic mass is 10.1. The maximum Gasteiger partial charge on any atom is 0.0254 e. The van der Waals surface area contributed by atoms with Crippen LogP contribution in [0.2, 0.25) is 0 Å². The summed E-state index contributed by atoms with van der Waals surface area (Å²) in [6, 6.07) is 0.229. The zero-order valence-corrected chi connectivity index (χ0v) is 7.42. The molecule has 0 aromatic rings. The molecule has 0 aromatic carbocycles. The molecule has 0 saturated carbocycles. The molecule has 1 atom stereocenters. The van der Waals surface area contributed by atoms with Crippen LogP contribution in [0.5, 0.6) is 0 Å². The third kappa shape index (κ3) is 3.43. The molecule has 0 spiro atoms. The summed E-state index contributed by atoms with van der Waals surface area (Å²) in [6.07, 6.45) is 2.01. The van der Waals surface area contributed by atoms with Gasteiger partial charge in [-0.1, -0.05) is 42.5 Å². The van der Waals surface area contributed by atoms with Crippen LogP contribution in [0.4, 0.5) is 0 Å². The second-order valence-corrected chi connectivity index (χ2v) is 2.86. The van der Waals surface area contributed by atoms with Crippen molar-refractivity contribution in [3.63, 3.8) is 0 Å². The van der Waals surface area contributed by atoms with Crippen LogP contribution in [0.15, 0.2) is 10.2 Å². The quantitative estimate of drug-likeness (QED) is 0.714. The van der Waals surface area contributed by atoms with Crippen LogP contribution in [0.3, 0.4) is 0 Å². The van der Waals surface area contributed by atoms with Crippen molar-refractivity contribution in [1.82, 2.24) is 0 Å². The van der Waals surface area contributed by atoms with Gasteiger partial charge >= 0.3 is 0 Å². The molecule has 1 unspecified atom stereocenters. The van der Waals surface area contributed by atoms with Gasteiger partial charge in [-0.25, -0.2) is 0 Å². The molecule has 2 heteroatoms. The molecule has 48 valence electrons. The van der Waals surface area contributed by atoms with E-state index in [1.807, 2.05) is 10.2 Å². The molecule has 0 radical (unpaired) electrons. The first-order valence-electron chi connectivity index (χ1n) is 2.71. The summed E-state index contributed by atoms with van der Waals surface area (Å²) in [4.78, 5) is 0. The van der Waals surface area contributed by atoms with Crippen molar-refractivity contribution in [2.75, 3.05) is 0 Å². The smallest absolute Gasteiger partial charge is 0.0254 e. The van der Waals surface area contributed by atoms with Crippen molar-refractivity contribution in [2.45, 2.75) is 19.9 Å². The zero-order valence-electron chi connectivity index (χ0n) is 5.26. The number of rotatable bonds is 2. The summed E-state index contributed by atoms with van der Waals surface area (Å²) in [5.41, 5.74) is 5.64. The van der Waals surface area contributed by atoms with Crippen molar-refractivity contribution in [3.05, 3.63) is 10.2 Å². The summed E-state index contributed by atoms with van der Waals surface area (Å²) in [5.74, 6) is 0.556. The lowest BCUT2D eigenvalue weighted by molar-refractivity contribution is 0.571. The maximum absolute atomic E-state index is 5.64. The van der Waals surface area contributed by atoms with Gasteiger partial charge in [0, 0.05) is 6.04 Å². The van der Waals surface area contributed by atoms with Gasteiger partial charge in [0.2, 0.25) is 0 Å². The molecule has 0 heterocycles. The van der Waals surface area contributed by atoms with Crippen LogP contribution in [0.1, 0.15) is 13.8 Å². The first-order chi connectivity index (χ1) is 3.68. The number of halogens is 1. The minimum Gasteiger partial charge on any atom is -0.324 e.